The second-order valence-electron chi connectivity index (χ2n) is 5.60. The van der Waals surface area contributed by atoms with Crippen molar-refractivity contribution in [3.8, 4) is 11.5 Å². The van der Waals surface area contributed by atoms with Crippen molar-refractivity contribution in [2.24, 2.45) is 0 Å². The van der Waals surface area contributed by atoms with Crippen molar-refractivity contribution in [2.75, 3.05) is 13.7 Å². The standard InChI is InChI=1S/C15H21NO4/c1-15(2)9-10-5-4-6-12(13(10)20-15)19-8-7-11(16-3)14(17)18/h4-6,11,16H,7-9H2,1-3H3,(H,17,18). The van der Waals surface area contributed by atoms with Gasteiger partial charge in [0.1, 0.15) is 11.6 Å². The number of carbonyl (C=O) groups is 1. The number of likely N-dealkylation sites (N-methyl/N-ethyl adjacent to an activating group) is 1. The Labute approximate surface area is 118 Å². The van der Waals surface area contributed by atoms with Crippen molar-refractivity contribution < 1.29 is 19.4 Å². The first-order valence-electron chi connectivity index (χ1n) is 6.77. The quantitative estimate of drug-likeness (QED) is 0.831. The molecule has 5 heteroatoms. The molecule has 2 rings (SSSR count). The highest BCUT2D eigenvalue weighted by molar-refractivity contribution is 5.73. The number of hydrogen-bond acceptors (Lipinski definition) is 4. The highest BCUT2D eigenvalue weighted by Gasteiger charge is 2.32. The van der Waals surface area contributed by atoms with Crippen LogP contribution in [0, 0.1) is 0 Å². The third-order valence-corrected chi connectivity index (χ3v) is 3.37. The Morgan fingerprint density at radius 3 is 2.95 bits per heavy atom. The second-order valence-corrected chi connectivity index (χ2v) is 5.60. The summed E-state index contributed by atoms with van der Waals surface area (Å²) in [5, 5.41) is 11.7. The molecule has 0 amide bonds. The Kier molecular flexibility index (Phi) is 4.18. The van der Waals surface area contributed by atoms with Crippen LogP contribution in [0.2, 0.25) is 0 Å². The number of nitrogens with one attached hydrogen (secondary N) is 1. The molecule has 0 spiro atoms. The molecule has 2 N–H and O–H groups in total. The van der Waals surface area contributed by atoms with Crippen molar-refractivity contribution in [2.45, 2.75) is 38.3 Å². The van der Waals surface area contributed by atoms with E-state index in [4.69, 9.17) is 14.6 Å². The SMILES string of the molecule is CNC(CCOc1cccc2c1OC(C)(C)C2)C(=O)O. The van der Waals surface area contributed by atoms with Gasteiger partial charge in [-0.15, -0.1) is 0 Å². The summed E-state index contributed by atoms with van der Waals surface area (Å²) in [6.07, 6.45) is 1.26. The smallest absolute Gasteiger partial charge is 0.320 e. The van der Waals surface area contributed by atoms with E-state index in [1.165, 1.54) is 0 Å². The molecular formula is C15H21NO4. The van der Waals surface area contributed by atoms with Gasteiger partial charge in [0, 0.05) is 18.4 Å². The van der Waals surface area contributed by atoms with Crippen LogP contribution in [0.15, 0.2) is 18.2 Å². The lowest BCUT2D eigenvalue weighted by atomic mass is 10.0. The van der Waals surface area contributed by atoms with E-state index in [2.05, 4.69) is 5.32 Å². The molecular weight excluding hydrogens is 258 g/mol. The van der Waals surface area contributed by atoms with Crippen molar-refractivity contribution in [3.63, 3.8) is 0 Å². The van der Waals surface area contributed by atoms with Crippen LogP contribution in [0.25, 0.3) is 0 Å². The molecule has 0 saturated carbocycles. The summed E-state index contributed by atoms with van der Waals surface area (Å²) in [5.41, 5.74) is 0.923. The van der Waals surface area contributed by atoms with Gasteiger partial charge in [0.15, 0.2) is 11.5 Å². The van der Waals surface area contributed by atoms with E-state index in [1.54, 1.807) is 7.05 Å². The molecule has 1 aromatic carbocycles. The van der Waals surface area contributed by atoms with Gasteiger partial charge in [-0.05, 0) is 27.0 Å². The Bertz CT molecular complexity index is 499. The van der Waals surface area contributed by atoms with Crippen molar-refractivity contribution in [1.82, 2.24) is 5.32 Å². The van der Waals surface area contributed by atoms with E-state index in [9.17, 15) is 4.79 Å². The molecule has 1 aliphatic heterocycles. The number of para-hydroxylation sites is 1. The monoisotopic (exact) mass is 279 g/mol. The zero-order valence-corrected chi connectivity index (χ0v) is 12.1. The number of hydrogen-bond donors (Lipinski definition) is 2. The average molecular weight is 279 g/mol. The zero-order chi connectivity index (χ0) is 14.8. The molecule has 1 unspecified atom stereocenters. The van der Waals surface area contributed by atoms with Gasteiger partial charge in [0.2, 0.25) is 0 Å². The summed E-state index contributed by atoms with van der Waals surface area (Å²) in [6.45, 7) is 4.41. The molecule has 1 aromatic rings. The van der Waals surface area contributed by atoms with E-state index in [1.807, 2.05) is 32.0 Å². The largest absolute Gasteiger partial charge is 0.490 e. The van der Waals surface area contributed by atoms with E-state index < -0.39 is 12.0 Å². The minimum atomic E-state index is -0.869. The van der Waals surface area contributed by atoms with E-state index >= 15 is 0 Å². The third kappa shape index (κ3) is 3.22. The molecule has 5 nitrogen and oxygen atoms in total. The van der Waals surface area contributed by atoms with E-state index in [0.29, 0.717) is 18.8 Å². The van der Waals surface area contributed by atoms with Crippen LogP contribution in [0.4, 0.5) is 0 Å². The first-order valence-corrected chi connectivity index (χ1v) is 6.77. The maximum Gasteiger partial charge on any atom is 0.320 e. The van der Waals surface area contributed by atoms with Crippen LogP contribution in [0.1, 0.15) is 25.8 Å². The van der Waals surface area contributed by atoms with Crippen molar-refractivity contribution >= 4 is 5.97 Å². The number of aliphatic carboxylic acids is 1. The molecule has 110 valence electrons. The van der Waals surface area contributed by atoms with Gasteiger partial charge in [0.25, 0.3) is 0 Å². The highest BCUT2D eigenvalue weighted by Crippen LogP contribution is 2.41. The first kappa shape index (κ1) is 14.7. The van der Waals surface area contributed by atoms with Crippen LogP contribution in [0.5, 0.6) is 11.5 Å². The molecule has 0 saturated heterocycles. The lowest BCUT2D eigenvalue weighted by molar-refractivity contribution is -0.139. The van der Waals surface area contributed by atoms with Crippen LogP contribution >= 0.6 is 0 Å². The maximum absolute atomic E-state index is 10.9. The predicted octanol–water partition coefficient (Wildman–Crippen LogP) is 1.84. The summed E-state index contributed by atoms with van der Waals surface area (Å²) >= 11 is 0. The number of carboxylic acid groups (broad SMARTS) is 1. The first-order chi connectivity index (χ1) is 9.43. The lowest BCUT2D eigenvalue weighted by Gasteiger charge is -2.18. The molecule has 1 atom stereocenters. The molecule has 0 fully saturated rings. The van der Waals surface area contributed by atoms with E-state index in [-0.39, 0.29) is 5.60 Å². The van der Waals surface area contributed by atoms with Crippen LogP contribution in [-0.2, 0) is 11.2 Å². The third-order valence-electron chi connectivity index (χ3n) is 3.37. The van der Waals surface area contributed by atoms with Crippen LogP contribution < -0.4 is 14.8 Å². The summed E-state index contributed by atoms with van der Waals surface area (Å²) in [5.74, 6) is 0.605. The maximum atomic E-state index is 10.9. The topological polar surface area (TPSA) is 67.8 Å². The fourth-order valence-electron chi connectivity index (χ4n) is 2.38. The highest BCUT2D eigenvalue weighted by atomic mass is 16.5. The Hall–Kier alpha value is -1.75. The fraction of sp³-hybridized carbons (Fsp3) is 0.533. The van der Waals surface area contributed by atoms with Gasteiger partial charge >= 0.3 is 5.97 Å². The van der Waals surface area contributed by atoms with E-state index in [0.717, 1.165) is 17.7 Å². The second kappa shape index (κ2) is 5.71. The number of fused-ring (bicyclic) bond motifs is 1. The predicted molar refractivity (Wildman–Crippen MR) is 75.4 cm³/mol. The molecule has 0 aliphatic carbocycles. The van der Waals surface area contributed by atoms with Crippen molar-refractivity contribution in [3.05, 3.63) is 23.8 Å². The molecule has 1 aliphatic rings. The van der Waals surface area contributed by atoms with Gasteiger partial charge in [-0.2, -0.15) is 0 Å². The molecule has 0 aromatic heterocycles. The van der Waals surface area contributed by atoms with Gasteiger partial charge in [-0.3, -0.25) is 4.79 Å². The van der Waals surface area contributed by atoms with Gasteiger partial charge in [-0.1, -0.05) is 12.1 Å². The Balaban J connectivity index is 1.99. The Morgan fingerprint density at radius 1 is 1.55 bits per heavy atom. The zero-order valence-electron chi connectivity index (χ0n) is 12.1. The van der Waals surface area contributed by atoms with Crippen LogP contribution in [0.3, 0.4) is 0 Å². The van der Waals surface area contributed by atoms with Crippen LogP contribution in [-0.4, -0.2) is 36.4 Å². The summed E-state index contributed by atoms with van der Waals surface area (Å²) < 4.78 is 11.6. The van der Waals surface area contributed by atoms with Gasteiger partial charge < -0.3 is 19.9 Å². The number of ether oxygens (including phenoxy) is 2. The molecule has 0 radical (unpaired) electrons. The Morgan fingerprint density at radius 2 is 2.30 bits per heavy atom. The molecule has 20 heavy (non-hydrogen) atoms. The number of benzene rings is 1. The summed E-state index contributed by atoms with van der Waals surface area (Å²) in [4.78, 5) is 10.9. The lowest BCUT2D eigenvalue weighted by Crippen LogP contribution is -2.35. The summed E-state index contributed by atoms with van der Waals surface area (Å²) in [7, 11) is 1.63. The van der Waals surface area contributed by atoms with Gasteiger partial charge in [0.05, 0.1) is 6.61 Å². The molecule has 0 bridgehead atoms. The fourth-order valence-corrected chi connectivity index (χ4v) is 2.38. The minimum Gasteiger partial charge on any atom is -0.490 e. The average Bonchev–Trinajstić information content (AvgIpc) is 2.68. The number of carboxylic acids is 1. The molecule has 1 heterocycles. The normalized spacial score (nSPS) is 17.1. The minimum absolute atomic E-state index is 0.212. The summed E-state index contributed by atoms with van der Waals surface area (Å²) in [6, 6.07) is 5.23. The van der Waals surface area contributed by atoms with Crippen molar-refractivity contribution in [1.29, 1.82) is 0 Å². The van der Waals surface area contributed by atoms with Gasteiger partial charge in [-0.25, -0.2) is 0 Å². The number of rotatable bonds is 6.